The van der Waals surface area contributed by atoms with Crippen molar-refractivity contribution in [3.63, 3.8) is 0 Å². The molecular formula is C20H21N5O2. The van der Waals surface area contributed by atoms with Gasteiger partial charge in [0.05, 0.1) is 0 Å². The molecule has 0 aliphatic heterocycles. The lowest BCUT2D eigenvalue weighted by molar-refractivity contribution is -0.121. The first kappa shape index (κ1) is 18.4. The quantitative estimate of drug-likeness (QED) is 0.678. The molecule has 0 saturated carbocycles. The van der Waals surface area contributed by atoms with E-state index in [1.807, 2.05) is 44.2 Å². The Bertz CT molecular complexity index is 933. The third-order valence-corrected chi connectivity index (χ3v) is 4.17. The molecular weight excluding hydrogens is 342 g/mol. The Kier molecular flexibility index (Phi) is 5.40. The standard InChI is InChI=1S/C20H21N5O2/c1-13(2)18(20(27)21-17-11-9-15(10-12-17)14(3)26)25-23-19(22-24-25)16-7-5-4-6-8-16/h4-13,18H,1-3H3,(H,21,27). The van der Waals surface area contributed by atoms with Crippen LogP contribution in [0.1, 0.15) is 37.2 Å². The molecule has 27 heavy (non-hydrogen) atoms. The van der Waals surface area contributed by atoms with Gasteiger partial charge >= 0.3 is 0 Å². The molecule has 1 atom stereocenters. The Morgan fingerprint density at radius 1 is 1.00 bits per heavy atom. The zero-order chi connectivity index (χ0) is 19.4. The van der Waals surface area contributed by atoms with E-state index in [0.717, 1.165) is 5.56 Å². The van der Waals surface area contributed by atoms with E-state index in [1.54, 1.807) is 24.3 Å². The van der Waals surface area contributed by atoms with E-state index in [9.17, 15) is 9.59 Å². The number of hydrogen-bond acceptors (Lipinski definition) is 5. The van der Waals surface area contributed by atoms with E-state index < -0.39 is 6.04 Å². The monoisotopic (exact) mass is 363 g/mol. The van der Waals surface area contributed by atoms with Crippen LogP contribution in [0.3, 0.4) is 0 Å². The van der Waals surface area contributed by atoms with E-state index in [4.69, 9.17) is 0 Å². The maximum Gasteiger partial charge on any atom is 0.251 e. The van der Waals surface area contributed by atoms with Crippen molar-refractivity contribution in [2.24, 2.45) is 5.92 Å². The normalized spacial score (nSPS) is 12.0. The second kappa shape index (κ2) is 7.90. The van der Waals surface area contributed by atoms with E-state index >= 15 is 0 Å². The molecule has 0 bridgehead atoms. The van der Waals surface area contributed by atoms with Gasteiger partial charge in [-0.3, -0.25) is 9.59 Å². The van der Waals surface area contributed by atoms with Crippen LogP contribution in [0.25, 0.3) is 11.4 Å². The minimum absolute atomic E-state index is 0.0202. The van der Waals surface area contributed by atoms with Crippen molar-refractivity contribution in [3.8, 4) is 11.4 Å². The molecule has 7 nitrogen and oxygen atoms in total. The number of carbonyl (C=O) groups is 2. The average Bonchev–Trinajstić information content (AvgIpc) is 3.12. The summed E-state index contributed by atoms with van der Waals surface area (Å²) < 4.78 is 0. The van der Waals surface area contributed by atoms with Crippen LogP contribution in [0.2, 0.25) is 0 Å². The fourth-order valence-corrected chi connectivity index (χ4v) is 2.72. The first-order valence-electron chi connectivity index (χ1n) is 8.72. The molecule has 1 N–H and O–H groups in total. The predicted octanol–water partition coefficient (Wildman–Crippen LogP) is 3.38. The first-order valence-corrected chi connectivity index (χ1v) is 8.72. The Labute approximate surface area is 157 Å². The fraction of sp³-hybridized carbons (Fsp3) is 0.250. The second-order valence-electron chi connectivity index (χ2n) is 6.61. The Morgan fingerprint density at radius 3 is 2.26 bits per heavy atom. The summed E-state index contributed by atoms with van der Waals surface area (Å²) in [5.41, 5.74) is 2.05. The Morgan fingerprint density at radius 2 is 1.67 bits per heavy atom. The smallest absolute Gasteiger partial charge is 0.251 e. The number of amides is 1. The van der Waals surface area contributed by atoms with Gasteiger partial charge in [-0.1, -0.05) is 44.2 Å². The highest BCUT2D eigenvalue weighted by Crippen LogP contribution is 2.21. The third-order valence-electron chi connectivity index (χ3n) is 4.17. The topological polar surface area (TPSA) is 89.8 Å². The molecule has 0 aliphatic carbocycles. The van der Waals surface area contributed by atoms with Gasteiger partial charge in [0, 0.05) is 16.8 Å². The van der Waals surface area contributed by atoms with Gasteiger partial charge in [0.25, 0.3) is 5.91 Å². The molecule has 0 aliphatic rings. The molecule has 2 aromatic carbocycles. The van der Waals surface area contributed by atoms with Gasteiger partial charge in [0.15, 0.2) is 11.8 Å². The van der Waals surface area contributed by atoms with Crippen LogP contribution in [0.4, 0.5) is 5.69 Å². The number of carbonyl (C=O) groups excluding carboxylic acids is 2. The lowest BCUT2D eigenvalue weighted by Crippen LogP contribution is -2.31. The van der Waals surface area contributed by atoms with Gasteiger partial charge in [0.2, 0.25) is 5.82 Å². The Hall–Kier alpha value is -3.35. The molecule has 1 amide bonds. The molecule has 1 unspecified atom stereocenters. The fourth-order valence-electron chi connectivity index (χ4n) is 2.72. The minimum atomic E-state index is -0.609. The molecule has 7 heteroatoms. The van der Waals surface area contributed by atoms with E-state index in [1.165, 1.54) is 11.7 Å². The number of rotatable bonds is 6. The maximum absolute atomic E-state index is 12.8. The maximum atomic E-state index is 12.8. The number of ketones is 1. The summed E-state index contributed by atoms with van der Waals surface area (Å²) in [6.07, 6.45) is 0. The summed E-state index contributed by atoms with van der Waals surface area (Å²) in [7, 11) is 0. The van der Waals surface area contributed by atoms with Crippen molar-refractivity contribution in [2.45, 2.75) is 26.8 Å². The van der Waals surface area contributed by atoms with Crippen molar-refractivity contribution in [1.29, 1.82) is 0 Å². The number of benzene rings is 2. The van der Waals surface area contributed by atoms with Crippen molar-refractivity contribution >= 4 is 17.4 Å². The molecule has 0 radical (unpaired) electrons. The molecule has 0 saturated heterocycles. The lowest BCUT2D eigenvalue weighted by atomic mass is 10.0. The number of aromatic nitrogens is 4. The van der Waals surface area contributed by atoms with Crippen LogP contribution >= 0.6 is 0 Å². The number of anilines is 1. The molecule has 3 aromatic rings. The van der Waals surface area contributed by atoms with Gasteiger partial charge in [-0.2, -0.15) is 4.80 Å². The van der Waals surface area contributed by atoms with Gasteiger partial charge < -0.3 is 5.32 Å². The molecule has 138 valence electrons. The SMILES string of the molecule is CC(=O)c1ccc(NC(=O)C(C(C)C)n2nnc(-c3ccccc3)n2)cc1. The summed E-state index contributed by atoms with van der Waals surface area (Å²) in [6, 6.07) is 15.7. The summed E-state index contributed by atoms with van der Waals surface area (Å²) in [6.45, 7) is 5.35. The van der Waals surface area contributed by atoms with E-state index in [0.29, 0.717) is 17.1 Å². The summed E-state index contributed by atoms with van der Waals surface area (Å²) >= 11 is 0. The molecule has 0 spiro atoms. The summed E-state index contributed by atoms with van der Waals surface area (Å²) in [5.74, 6) is 0.171. The van der Waals surface area contributed by atoms with E-state index in [-0.39, 0.29) is 17.6 Å². The highest BCUT2D eigenvalue weighted by molar-refractivity contribution is 5.96. The highest BCUT2D eigenvalue weighted by atomic mass is 16.2. The van der Waals surface area contributed by atoms with E-state index in [2.05, 4.69) is 20.7 Å². The number of nitrogens with one attached hydrogen (secondary N) is 1. The third kappa shape index (κ3) is 4.25. The molecule has 1 heterocycles. The van der Waals surface area contributed by atoms with Crippen LogP contribution in [0.15, 0.2) is 54.6 Å². The minimum Gasteiger partial charge on any atom is -0.324 e. The van der Waals surface area contributed by atoms with Crippen molar-refractivity contribution in [3.05, 3.63) is 60.2 Å². The second-order valence-corrected chi connectivity index (χ2v) is 6.61. The molecule has 1 aromatic heterocycles. The molecule has 0 fully saturated rings. The summed E-state index contributed by atoms with van der Waals surface area (Å²) in [4.78, 5) is 25.5. The van der Waals surface area contributed by atoms with Gasteiger partial charge in [-0.25, -0.2) is 0 Å². The van der Waals surface area contributed by atoms with Crippen LogP contribution in [-0.4, -0.2) is 31.9 Å². The number of tetrazole rings is 1. The highest BCUT2D eigenvalue weighted by Gasteiger charge is 2.27. The van der Waals surface area contributed by atoms with Crippen molar-refractivity contribution in [2.75, 3.05) is 5.32 Å². The number of Topliss-reactive ketones (excluding diaryl/α,β-unsaturated/α-hetero) is 1. The van der Waals surface area contributed by atoms with Gasteiger partial charge in [-0.15, -0.1) is 10.2 Å². The van der Waals surface area contributed by atoms with Gasteiger partial charge in [-0.05, 0) is 42.3 Å². The molecule has 3 rings (SSSR count). The summed E-state index contributed by atoms with van der Waals surface area (Å²) in [5, 5.41) is 15.4. The van der Waals surface area contributed by atoms with Crippen molar-refractivity contribution < 1.29 is 9.59 Å². The Balaban J connectivity index is 1.80. The largest absolute Gasteiger partial charge is 0.324 e. The van der Waals surface area contributed by atoms with Gasteiger partial charge in [0.1, 0.15) is 0 Å². The average molecular weight is 363 g/mol. The van der Waals surface area contributed by atoms with Crippen molar-refractivity contribution in [1.82, 2.24) is 20.2 Å². The number of nitrogens with zero attached hydrogens (tertiary/aromatic N) is 4. The predicted molar refractivity (Wildman–Crippen MR) is 102 cm³/mol. The van der Waals surface area contributed by atoms with Crippen LogP contribution < -0.4 is 5.32 Å². The first-order chi connectivity index (χ1) is 13.0. The van der Waals surface area contributed by atoms with Crippen LogP contribution in [-0.2, 0) is 4.79 Å². The zero-order valence-corrected chi connectivity index (χ0v) is 15.5. The zero-order valence-electron chi connectivity index (χ0n) is 15.5. The van der Waals surface area contributed by atoms with Crippen LogP contribution in [0, 0.1) is 5.92 Å². The lowest BCUT2D eigenvalue weighted by Gasteiger charge is -2.18. The number of hydrogen-bond donors (Lipinski definition) is 1. The van der Waals surface area contributed by atoms with Crippen LogP contribution in [0.5, 0.6) is 0 Å².